The number of amidine groups is 1. The van der Waals surface area contributed by atoms with E-state index in [1.165, 1.54) is 16.2 Å². The largest absolute Gasteiger partial charge is 0.457 e. The molecule has 4 rings (SSSR count). The molecule has 1 aliphatic rings. The van der Waals surface area contributed by atoms with Crippen molar-refractivity contribution >= 4 is 47.3 Å². The predicted molar refractivity (Wildman–Crippen MR) is 155 cm³/mol. The molecule has 5 N–H and O–H groups in total. The molecule has 1 aliphatic heterocycles. The Morgan fingerprint density at radius 3 is 2.40 bits per heavy atom. The summed E-state index contributed by atoms with van der Waals surface area (Å²) in [6.07, 6.45) is 0.464. The summed E-state index contributed by atoms with van der Waals surface area (Å²) >= 11 is 1.40. The number of carbonyl (C=O) groups excluding carboxylic acids is 3. The summed E-state index contributed by atoms with van der Waals surface area (Å²) in [4.78, 5) is 41.2. The number of amides is 3. The summed E-state index contributed by atoms with van der Waals surface area (Å²) in [7, 11) is 1.58. The van der Waals surface area contributed by atoms with E-state index in [0.717, 1.165) is 4.88 Å². The second-order valence-corrected chi connectivity index (χ2v) is 10.2. The van der Waals surface area contributed by atoms with Crippen molar-refractivity contribution in [2.45, 2.75) is 19.0 Å². The lowest BCUT2D eigenvalue weighted by atomic mass is 10.1. The number of thiophene rings is 1. The molecule has 2 heterocycles. The third-order valence-electron chi connectivity index (χ3n) is 6.31. The molecule has 3 amide bonds. The van der Waals surface area contributed by atoms with Crippen LogP contribution in [0.25, 0.3) is 0 Å². The molecule has 0 spiro atoms. The van der Waals surface area contributed by atoms with Gasteiger partial charge in [-0.2, -0.15) is 0 Å². The van der Waals surface area contributed by atoms with E-state index in [-0.39, 0.29) is 49.1 Å². The highest BCUT2D eigenvalue weighted by Gasteiger charge is 2.39. The molecule has 0 unspecified atom stereocenters. The summed E-state index contributed by atoms with van der Waals surface area (Å²) in [6.45, 7) is 0.812. The number of nitrogens with two attached hydrogens (primary N) is 1. The van der Waals surface area contributed by atoms with E-state index >= 15 is 0 Å². The zero-order valence-electron chi connectivity index (χ0n) is 21.9. The van der Waals surface area contributed by atoms with Crippen molar-refractivity contribution in [2.75, 3.05) is 26.8 Å². The number of hydrogen-bond donors (Lipinski definition) is 4. The summed E-state index contributed by atoms with van der Waals surface area (Å²) < 4.78 is 11.0. The van der Waals surface area contributed by atoms with Gasteiger partial charge in [0.1, 0.15) is 23.4 Å². The number of likely N-dealkylation sites (tertiary alicyclic amines) is 1. The molecule has 0 radical (unpaired) electrons. The van der Waals surface area contributed by atoms with Gasteiger partial charge in [0.25, 0.3) is 5.91 Å². The molecule has 212 valence electrons. The fourth-order valence-corrected chi connectivity index (χ4v) is 5.19. The van der Waals surface area contributed by atoms with E-state index < -0.39 is 11.9 Å². The second kappa shape index (κ2) is 14.5. The van der Waals surface area contributed by atoms with Gasteiger partial charge in [0, 0.05) is 41.0 Å². The highest BCUT2D eigenvalue weighted by molar-refractivity contribution is 7.10. The maximum atomic E-state index is 13.1. The van der Waals surface area contributed by atoms with E-state index in [9.17, 15) is 14.4 Å². The SMILES string of the molecule is COC[C@H]1C[C@@H](C(=O)NCc2cc(C(=N)N)cs2)N(C(=O)CNC(=O)c2ccc(Oc3ccccc3)cc2)C1.Cl. The average molecular weight is 586 g/mol. The van der Waals surface area contributed by atoms with Crippen molar-refractivity contribution in [3.63, 3.8) is 0 Å². The Hall–Kier alpha value is -3.93. The van der Waals surface area contributed by atoms with Gasteiger partial charge in [-0.1, -0.05) is 18.2 Å². The molecule has 3 aromatic rings. The third-order valence-corrected chi connectivity index (χ3v) is 7.25. The molecule has 0 aliphatic carbocycles. The van der Waals surface area contributed by atoms with Crippen molar-refractivity contribution < 1.29 is 23.9 Å². The number of methoxy groups -OCH3 is 1. The van der Waals surface area contributed by atoms with Crippen LogP contribution in [-0.2, 0) is 20.9 Å². The van der Waals surface area contributed by atoms with Crippen molar-refractivity contribution in [1.82, 2.24) is 15.5 Å². The molecule has 2 atom stereocenters. The van der Waals surface area contributed by atoms with Crippen molar-refractivity contribution in [3.8, 4) is 11.5 Å². The number of nitrogen functional groups attached to an aromatic ring is 1. The van der Waals surface area contributed by atoms with E-state index in [2.05, 4.69) is 10.6 Å². The smallest absolute Gasteiger partial charge is 0.251 e. The van der Waals surface area contributed by atoms with Gasteiger partial charge < -0.3 is 30.7 Å². The van der Waals surface area contributed by atoms with Gasteiger partial charge in [-0.3, -0.25) is 19.8 Å². The molecule has 40 heavy (non-hydrogen) atoms. The normalized spacial score (nSPS) is 16.1. The number of halogens is 1. The van der Waals surface area contributed by atoms with Gasteiger partial charge >= 0.3 is 0 Å². The van der Waals surface area contributed by atoms with Crippen LogP contribution < -0.4 is 21.1 Å². The van der Waals surface area contributed by atoms with Crippen LogP contribution in [0, 0.1) is 11.3 Å². The molecular formula is C28H32ClN5O5S. The first kappa shape index (κ1) is 30.6. The minimum absolute atomic E-state index is 0. The Bertz CT molecular complexity index is 1320. The number of para-hydroxylation sites is 1. The Kier molecular flexibility index (Phi) is 11.1. The van der Waals surface area contributed by atoms with Crippen molar-refractivity contribution in [3.05, 3.63) is 82.0 Å². The minimum Gasteiger partial charge on any atom is -0.457 e. The van der Waals surface area contributed by atoms with Crippen LogP contribution in [0.5, 0.6) is 11.5 Å². The summed E-state index contributed by atoms with van der Waals surface area (Å²) in [6, 6.07) is 17.0. The molecular weight excluding hydrogens is 554 g/mol. The molecule has 2 aromatic carbocycles. The second-order valence-electron chi connectivity index (χ2n) is 9.17. The number of carbonyl (C=O) groups is 3. The number of benzene rings is 2. The fraction of sp³-hybridized carbons (Fsp3) is 0.286. The van der Waals surface area contributed by atoms with Gasteiger partial charge in [0.2, 0.25) is 11.8 Å². The number of ether oxygens (including phenoxy) is 2. The summed E-state index contributed by atoms with van der Waals surface area (Å²) in [5.41, 5.74) is 6.50. The Morgan fingerprint density at radius 2 is 1.75 bits per heavy atom. The standard InChI is InChI=1S/C28H31N5O5S.ClH/c1-37-16-18-11-24(28(36)31-13-23-12-20(17-39-23)26(29)30)33(15-18)25(34)14-32-27(35)19-7-9-22(10-8-19)38-21-5-3-2-4-6-21;/h2-10,12,17-18,24H,11,13-16H2,1H3,(H3,29,30)(H,31,36)(H,32,35);1H/t18-,24-;/m0./s1. The van der Waals surface area contributed by atoms with Crippen molar-refractivity contribution in [2.24, 2.45) is 11.7 Å². The number of nitrogens with one attached hydrogen (secondary N) is 3. The van der Waals surface area contributed by atoms with Crippen LogP contribution in [0.2, 0.25) is 0 Å². The number of nitrogens with zero attached hydrogens (tertiary/aromatic N) is 1. The van der Waals surface area contributed by atoms with Crippen LogP contribution in [0.4, 0.5) is 0 Å². The molecule has 1 fully saturated rings. The lowest BCUT2D eigenvalue weighted by molar-refractivity contribution is -0.137. The van der Waals surface area contributed by atoms with Crippen LogP contribution in [0.3, 0.4) is 0 Å². The summed E-state index contributed by atoms with van der Waals surface area (Å²) in [5, 5.41) is 14.8. The van der Waals surface area contributed by atoms with Crippen LogP contribution >= 0.6 is 23.7 Å². The lowest BCUT2D eigenvalue weighted by Gasteiger charge is -2.24. The molecule has 0 bridgehead atoms. The topological polar surface area (TPSA) is 147 Å². The third kappa shape index (κ3) is 8.04. The Morgan fingerprint density at radius 1 is 1.05 bits per heavy atom. The quantitative estimate of drug-likeness (QED) is 0.201. The maximum absolute atomic E-state index is 13.1. The zero-order chi connectivity index (χ0) is 27.8. The van der Waals surface area contributed by atoms with Crippen LogP contribution in [0.1, 0.15) is 27.2 Å². The van der Waals surface area contributed by atoms with Gasteiger partial charge in [0.15, 0.2) is 0 Å². The zero-order valence-corrected chi connectivity index (χ0v) is 23.6. The van der Waals surface area contributed by atoms with Crippen LogP contribution in [0.15, 0.2) is 66.0 Å². The van der Waals surface area contributed by atoms with Gasteiger partial charge in [0.05, 0.1) is 19.7 Å². The van der Waals surface area contributed by atoms with E-state index in [1.54, 1.807) is 42.8 Å². The monoisotopic (exact) mass is 585 g/mol. The summed E-state index contributed by atoms with van der Waals surface area (Å²) in [5.74, 6) is 0.228. The highest BCUT2D eigenvalue weighted by Crippen LogP contribution is 2.25. The number of hydrogen-bond acceptors (Lipinski definition) is 7. The van der Waals surface area contributed by atoms with Crippen LogP contribution in [-0.4, -0.2) is 61.3 Å². The van der Waals surface area contributed by atoms with E-state index in [1.807, 2.05) is 30.3 Å². The van der Waals surface area contributed by atoms with Gasteiger partial charge in [-0.25, -0.2) is 0 Å². The first-order chi connectivity index (χ1) is 18.8. The first-order valence-electron chi connectivity index (χ1n) is 12.4. The van der Waals surface area contributed by atoms with Gasteiger partial charge in [-0.15, -0.1) is 23.7 Å². The molecule has 1 saturated heterocycles. The van der Waals surface area contributed by atoms with Crippen molar-refractivity contribution in [1.29, 1.82) is 5.41 Å². The molecule has 0 saturated carbocycles. The molecule has 1 aromatic heterocycles. The predicted octanol–water partition coefficient (Wildman–Crippen LogP) is 3.16. The molecule has 12 heteroatoms. The lowest BCUT2D eigenvalue weighted by Crippen LogP contribution is -2.48. The Labute approximate surface area is 242 Å². The number of rotatable bonds is 11. The molecule has 10 nitrogen and oxygen atoms in total. The van der Waals surface area contributed by atoms with Gasteiger partial charge in [-0.05, 0) is 48.9 Å². The highest BCUT2D eigenvalue weighted by atomic mass is 35.5. The maximum Gasteiger partial charge on any atom is 0.251 e. The average Bonchev–Trinajstić information content (AvgIpc) is 3.59. The first-order valence-corrected chi connectivity index (χ1v) is 13.3. The fourth-order valence-electron chi connectivity index (χ4n) is 4.37. The van der Waals surface area contributed by atoms with E-state index in [0.29, 0.717) is 42.2 Å². The minimum atomic E-state index is -0.670. The Balaban J connectivity index is 0.00000441. The van der Waals surface area contributed by atoms with E-state index in [4.69, 9.17) is 20.6 Å².